The lowest BCUT2D eigenvalue weighted by atomic mass is 9.96. The molecule has 1 fully saturated rings. The van der Waals surface area contributed by atoms with Gasteiger partial charge in [-0.15, -0.1) is 11.3 Å². The van der Waals surface area contributed by atoms with E-state index >= 15 is 0 Å². The molecule has 7 nitrogen and oxygen atoms in total. The lowest BCUT2D eigenvalue weighted by Gasteiger charge is -2.33. The summed E-state index contributed by atoms with van der Waals surface area (Å²) in [7, 11) is 1.61. The van der Waals surface area contributed by atoms with E-state index < -0.39 is 0 Å². The van der Waals surface area contributed by atoms with Crippen LogP contribution in [0.1, 0.15) is 24.0 Å². The number of amides is 1. The van der Waals surface area contributed by atoms with Gasteiger partial charge in [0.1, 0.15) is 10.4 Å². The van der Waals surface area contributed by atoms with Gasteiger partial charge in [0, 0.05) is 31.6 Å². The highest BCUT2D eigenvalue weighted by atomic mass is 32.1. The number of nitrogens with zero attached hydrogens (tertiary/aromatic N) is 3. The smallest absolute Gasteiger partial charge is 0.277 e. The van der Waals surface area contributed by atoms with Crippen molar-refractivity contribution < 1.29 is 9.53 Å². The Balaban J connectivity index is 1.36. The molecule has 2 aromatic heterocycles. The first-order chi connectivity index (χ1) is 17.0. The van der Waals surface area contributed by atoms with Gasteiger partial charge in [-0.3, -0.25) is 9.59 Å². The van der Waals surface area contributed by atoms with Crippen LogP contribution in [-0.2, 0) is 11.3 Å². The summed E-state index contributed by atoms with van der Waals surface area (Å²) in [5.74, 6) is 1.31. The highest BCUT2D eigenvalue weighted by Crippen LogP contribution is 2.27. The Morgan fingerprint density at radius 2 is 1.94 bits per heavy atom. The predicted molar refractivity (Wildman–Crippen MR) is 140 cm³/mol. The van der Waals surface area contributed by atoms with Gasteiger partial charge in [-0.05, 0) is 54.5 Å². The number of thiophene rings is 1. The zero-order valence-corrected chi connectivity index (χ0v) is 20.7. The zero-order valence-electron chi connectivity index (χ0n) is 19.9. The molecular weight excluding hydrogens is 460 g/mol. The number of methoxy groups -OCH3 is 1. The van der Waals surface area contributed by atoms with Crippen molar-refractivity contribution in [2.75, 3.05) is 25.1 Å². The molecule has 0 radical (unpaired) electrons. The average molecular weight is 489 g/mol. The van der Waals surface area contributed by atoms with Gasteiger partial charge >= 0.3 is 0 Å². The Labute approximate surface area is 208 Å². The number of aromatic nitrogens is 2. The minimum Gasteiger partial charge on any atom is -0.497 e. The normalized spacial score (nSPS) is 14.3. The molecule has 0 saturated carbocycles. The highest BCUT2D eigenvalue weighted by molar-refractivity contribution is 7.17. The van der Waals surface area contributed by atoms with Crippen LogP contribution in [0.3, 0.4) is 0 Å². The van der Waals surface area contributed by atoms with Crippen molar-refractivity contribution in [3.05, 3.63) is 81.5 Å². The molecule has 1 N–H and O–H groups in total. The first-order valence-electron chi connectivity index (χ1n) is 11.8. The summed E-state index contributed by atoms with van der Waals surface area (Å²) >= 11 is 1.40. The van der Waals surface area contributed by atoms with E-state index in [2.05, 4.69) is 23.2 Å². The number of piperidine rings is 1. The summed E-state index contributed by atoms with van der Waals surface area (Å²) in [6.07, 6.45) is 1.41. The minimum atomic E-state index is -0.0913. The molecule has 0 atom stereocenters. The van der Waals surface area contributed by atoms with Crippen molar-refractivity contribution in [2.24, 2.45) is 5.92 Å². The number of ether oxygens (including phenoxy) is 1. The molecule has 0 aliphatic carbocycles. The molecule has 180 valence electrons. The van der Waals surface area contributed by atoms with E-state index in [0.717, 1.165) is 5.56 Å². The third-order valence-corrected chi connectivity index (χ3v) is 7.53. The number of nitrogens with one attached hydrogen (secondary N) is 1. The van der Waals surface area contributed by atoms with Gasteiger partial charge in [-0.1, -0.05) is 30.3 Å². The fourth-order valence-corrected chi connectivity index (χ4v) is 5.33. The molecular formula is C27H28N4O3S. The third kappa shape index (κ3) is 4.66. The maximum absolute atomic E-state index is 13.5. The lowest BCUT2D eigenvalue weighted by Crippen LogP contribution is -2.42. The number of aryl methyl sites for hydroxylation is 1. The monoisotopic (exact) mass is 488 g/mol. The van der Waals surface area contributed by atoms with Crippen molar-refractivity contribution in [2.45, 2.75) is 26.3 Å². The van der Waals surface area contributed by atoms with E-state index in [9.17, 15) is 9.59 Å². The molecule has 1 aliphatic rings. The van der Waals surface area contributed by atoms with Crippen LogP contribution >= 0.6 is 11.3 Å². The number of rotatable bonds is 6. The van der Waals surface area contributed by atoms with Crippen molar-refractivity contribution in [1.29, 1.82) is 0 Å². The zero-order chi connectivity index (χ0) is 24.4. The summed E-state index contributed by atoms with van der Waals surface area (Å²) in [6, 6.07) is 17.4. The Kier molecular flexibility index (Phi) is 6.55. The molecule has 2 aromatic carbocycles. The second-order valence-corrected chi connectivity index (χ2v) is 9.71. The molecule has 5 rings (SSSR count). The maximum atomic E-state index is 13.5. The molecule has 1 aliphatic heterocycles. The van der Waals surface area contributed by atoms with Crippen LogP contribution in [0, 0.1) is 12.8 Å². The van der Waals surface area contributed by atoms with Gasteiger partial charge in [-0.25, -0.2) is 9.55 Å². The second-order valence-electron chi connectivity index (χ2n) is 8.79. The fraction of sp³-hybridized carbons (Fsp3) is 0.296. The van der Waals surface area contributed by atoms with Crippen molar-refractivity contribution in [3.8, 4) is 11.4 Å². The lowest BCUT2D eigenvalue weighted by molar-refractivity contribution is -0.125. The number of hydrogen-bond acceptors (Lipinski definition) is 6. The van der Waals surface area contributed by atoms with Crippen LogP contribution in [0.2, 0.25) is 0 Å². The molecule has 35 heavy (non-hydrogen) atoms. The maximum Gasteiger partial charge on any atom is 0.277 e. The van der Waals surface area contributed by atoms with Crippen LogP contribution in [0.25, 0.3) is 15.9 Å². The first-order valence-corrected chi connectivity index (χ1v) is 12.6. The van der Waals surface area contributed by atoms with Crippen molar-refractivity contribution >= 4 is 33.4 Å². The Hall–Kier alpha value is -3.65. The highest BCUT2D eigenvalue weighted by Gasteiger charge is 2.28. The molecule has 1 amide bonds. The van der Waals surface area contributed by atoms with Crippen molar-refractivity contribution in [1.82, 2.24) is 14.9 Å². The largest absolute Gasteiger partial charge is 0.497 e. The molecule has 8 heteroatoms. The topological polar surface area (TPSA) is 76.5 Å². The number of benzene rings is 2. The quantitative estimate of drug-likeness (QED) is 0.438. The van der Waals surface area contributed by atoms with Crippen LogP contribution in [0.4, 0.5) is 5.95 Å². The summed E-state index contributed by atoms with van der Waals surface area (Å²) in [5, 5.41) is 5.00. The number of anilines is 1. The Morgan fingerprint density at radius 3 is 2.71 bits per heavy atom. The number of hydrogen-bond donors (Lipinski definition) is 1. The summed E-state index contributed by atoms with van der Waals surface area (Å²) in [4.78, 5) is 33.3. The number of carbonyl (C=O) groups excluding carboxylic acids is 1. The van der Waals surface area contributed by atoms with Gasteiger partial charge in [0.25, 0.3) is 5.56 Å². The number of fused-ring (bicyclic) bond motifs is 1. The van der Waals surface area contributed by atoms with E-state index in [1.165, 1.54) is 16.9 Å². The Morgan fingerprint density at radius 1 is 1.14 bits per heavy atom. The van der Waals surface area contributed by atoms with Crippen molar-refractivity contribution in [3.63, 3.8) is 0 Å². The molecule has 4 aromatic rings. The molecule has 3 heterocycles. The third-order valence-electron chi connectivity index (χ3n) is 6.64. The average Bonchev–Trinajstić information content (AvgIpc) is 3.37. The van der Waals surface area contributed by atoms with Crippen LogP contribution in [0.5, 0.6) is 5.75 Å². The van der Waals surface area contributed by atoms with E-state index in [0.29, 0.717) is 60.1 Å². The van der Waals surface area contributed by atoms with Gasteiger partial charge in [0.15, 0.2) is 0 Å². The molecule has 0 bridgehead atoms. The van der Waals surface area contributed by atoms with Crippen LogP contribution in [-0.4, -0.2) is 35.7 Å². The summed E-state index contributed by atoms with van der Waals surface area (Å²) < 4.78 is 7.68. The van der Waals surface area contributed by atoms with E-state index in [-0.39, 0.29) is 17.4 Å². The predicted octanol–water partition coefficient (Wildman–Crippen LogP) is 4.30. The van der Waals surface area contributed by atoms with Crippen LogP contribution in [0.15, 0.2) is 64.8 Å². The number of carbonyl (C=O) groups is 1. The van der Waals surface area contributed by atoms with E-state index in [4.69, 9.17) is 9.72 Å². The first kappa shape index (κ1) is 23.1. The van der Waals surface area contributed by atoms with Crippen LogP contribution < -0.4 is 20.5 Å². The van der Waals surface area contributed by atoms with Gasteiger partial charge in [-0.2, -0.15) is 0 Å². The van der Waals surface area contributed by atoms with Gasteiger partial charge < -0.3 is 15.0 Å². The Bertz CT molecular complexity index is 1420. The molecule has 1 saturated heterocycles. The van der Waals surface area contributed by atoms with E-state index in [1.807, 2.05) is 53.9 Å². The van der Waals surface area contributed by atoms with Gasteiger partial charge in [0.2, 0.25) is 11.9 Å². The standard InChI is InChI=1S/C27H28N4O3S/c1-18-6-3-4-7-20(18)17-28-25(32)19-10-13-30(14-11-19)27-29-23-12-15-35-24(23)26(33)31(27)21-8-5-9-22(16-21)34-2/h3-9,12,15-16,19H,10-11,13-14,17H2,1-2H3,(H,28,32). The SMILES string of the molecule is COc1cccc(-n2c(N3CCC(C(=O)NCc4ccccc4C)CC3)nc3ccsc3c2=O)c1. The van der Waals surface area contributed by atoms with Gasteiger partial charge in [0.05, 0.1) is 18.3 Å². The fourth-order valence-electron chi connectivity index (χ4n) is 4.57. The van der Waals surface area contributed by atoms with E-state index in [1.54, 1.807) is 11.7 Å². The molecule has 0 spiro atoms. The molecule has 0 unspecified atom stereocenters. The minimum absolute atomic E-state index is 0.0582. The summed E-state index contributed by atoms with van der Waals surface area (Å²) in [5.41, 5.74) is 3.63. The summed E-state index contributed by atoms with van der Waals surface area (Å²) in [6.45, 7) is 3.89. The second kappa shape index (κ2) is 9.92.